The lowest BCUT2D eigenvalue weighted by atomic mass is 10.2. The van der Waals surface area contributed by atoms with Crippen molar-refractivity contribution < 1.29 is 4.74 Å². The molecule has 0 N–H and O–H groups in total. The van der Waals surface area contributed by atoms with E-state index in [0.29, 0.717) is 17.6 Å². The van der Waals surface area contributed by atoms with E-state index < -0.39 is 0 Å². The average molecular weight is 242 g/mol. The molecule has 0 spiro atoms. The highest BCUT2D eigenvalue weighted by atomic mass is 16.5. The quantitative estimate of drug-likeness (QED) is 0.821. The second-order valence-electron chi connectivity index (χ2n) is 4.52. The molecule has 2 heterocycles. The van der Waals surface area contributed by atoms with Crippen molar-refractivity contribution in [2.75, 3.05) is 6.61 Å². The first kappa shape index (κ1) is 11.1. The van der Waals surface area contributed by atoms with Gasteiger partial charge in [-0.2, -0.15) is 4.98 Å². The first-order valence-electron chi connectivity index (χ1n) is 6.05. The minimum atomic E-state index is 0.629. The number of aromatic nitrogens is 4. The molecule has 0 radical (unpaired) electrons. The Bertz CT molecular complexity index is 540. The van der Waals surface area contributed by atoms with E-state index in [-0.39, 0.29) is 0 Å². The van der Waals surface area contributed by atoms with E-state index in [1.165, 1.54) is 19.2 Å². The van der Waals surface area contributed by atoms with Crippen LogP contribution in [0.2, 0.25) is 0 Å². The molecule has 18 heavy (non-hydrogen) atoms. The van der Waals surface area contributed by atoms with E-state index in [0.717, 1.165) is 17.7 Å². The summed E-state index contributed by atoms with van der Waals surface area (Å²) in [5, 5.41) is 0. The average Bonchev–Trinajstić information content (AvgIpc) is 3.21. The van der Waals surface area contributed by atoms with Crippen LogP contribution >= 0.6 is 0 Å². The molecule has 0 aliphatic heterocycles. The van der Waals surface area contributed by atoms with Crippen molar-refractivity contribution in [1.82, 2.24) is 19.9 Å². The minimum absolute atomic E-state index is 0.629. The lowest BCUT2D eigenvalue weighted by molar-refractivity contribution is 0.288. The van der Waals surface area contributed by atoms with E-state index >= 15 is 0 Å². The molecular weight excluding hydrogens is 228 g/mol. The molecule has 0 atom stereocenters. The van der Waals surface area contributed by atoms with Gasteiger partial charge in [0.15, 0.2) is 0 Å². The van der Waals surface area contributed by atoms with Gasteiger partial charge in [-0.3, -0.25) is 0 Å². The molecule has 0 amide bonds. The third-order valence-electron chi connectivity index (χ3n) is 2.90. The summed E-state index contributed by atoms with van der Waals surface area (Å²) in [6, 6.07) is 0. The van der Waals surface area contributed by atoms with Crippen LogP contribution in [0, 0.1) is 12.8 Å². The summed E-state index contributed by atoms with van der Waals surface area (Å²) in [7, 11) is 0. The Balaban J connectivity index is 1.91. The molecule has 1 aliphatic rings. The fraction of sp³-hybridized carbons (Fsp3) is 0.385. The Kier molecular flexibility index (Phi) is 2.88. The van der Waals surface area contributed by atoms with E-state index in [9.17, 15) is 0 Å². The topological polar surface area (TPSA) is 60.8 Å². The van der Waals surface area contributed by atoms with Gasteiger partial charge in [-0.15, -0.1) is 0 Å². The fourth-order valence-electron chi connectivity index (χ4n) is 1.68. The van der Waals surface area contributed by atoms with Gasteiger partial charge in [0, 0.05) is 24.2 Å². The molecule has 92 valence electrons. The third-order valence-corrected chi connectivity index (χ3v) is 2.90. The Labute approximate surface area is 105 Å². The highest BCUT2D eigenvalue weighted by Gasteiger charge is 2.23. The Hall–Kier alpha value is -2.04. The van der Waals surface area contributed by atoms with Gasteiger partial charge >= 0.3 is 0 Å². The number of aryl methyl sites for hydroxylation is 1. The smallest absolute Gasteiger partial charge is 0.224 e. The van der Waals surface area contributed by atoms with Gasteiger partial charge in [-0.25, -0.2) is 15.0 Å². The summed E-state index contributed by atoms with van der Waals surface area (Å²) in [5.74, 6) is 2.03. The predicted octanol–water partition coefficient (Wildman–Crippen LogP) is 2.03. The highest BCUT2D eigenvalue weighted by Crippen LogP contribution is 2.32. The van der Waals surface area contributed by atoms with Crippen molar-refractivity contribution >= 4 is 0 Å². The van der Waals surface area contributed by atoms with Gasteiger partial charge in [-0.1, -0.05) is 0 Å². The lowest BCUT2D eigenvalue weighted by Gasteiger charge is -2.09. The molecule has 5 nitrogen and oxygen atoms in total. The number of hydrogen-bond acceptors (Lipinski definition) is 5. The van der Waals surface area contributed by atoms with E-state index in [1.807, 2.05) is 6.92 Å². The van der Waals surface area contributed by atoms with E-state index in [4.69, 9.17) is 4.74 Å². The SMILES string of the molecule is Cc1ncc(-c2cncnc2)c(OCC2CC2)n1. The first-order chi connectivity index (χ1) is 8.83. The van der Waals surface area contributed by atoms with Crippen LogP contribution in [0.3, 0.4) is 0 Å². The maximum Gasteiger partial charge on any atom is 0.224 e. The van der Waals surface area contributed by atoms with E-state index in [2.05, 4.69) is 19.9 Å². The van der Waals surface area contributed by atoms with Gasteiger partial charge in [0.2, 0.25) is 5.88 Å². The summed E-state index contributed by atoms with van der Waals surface area (Å²) in [6.07, 6.45) is 9.27. The van der Waals surface area contributed by atoms with Crippen molar-refractivity contribution in [2.24, 2.45) is 5.92 Å². The number of nitrogens with zero attached hydrogens (tertiary/aromatic N) is 4. The minimum Gasteiger partial charge on any atom is -0.477 e. The Morgan fingerprint density at radius 2 is 2.00 bits per heavy atom. The van der Waals surface area contributed by atoms with Gasteiger partial charge in [0.1, 0.15) is 12.2 Å². The maximum atomic E-state index is 5.79. The lowest BCUT2D eigenvalue weighted by Crippen LogP contribution is -2.04. The maximum absolute atomic E-state index is 5.79. The van der Waals surface area contributed by atoms with Crippen molar-refractivity contribution in [3.63, 3.8) is 0 Å². The van der Waals surface area contributed by atoms with Crippen LogP contribution in [0.25, 0.3) is 11.1 Å². The first-order valence-corrected chi connectivity index (χ1v) is 6.05. The Morgan fingerprint density at radius 3 is 2.72 bits per heavy atom. The van der Waals surface area contributed by atoms with Gasteiger partial charge < -0.3 is 4.74 Å². The monoisotopic (exact) mass is 242 g/mol. The third kappa shape index (κ3) is 2.45. The highest BCUT2D eigenvalue weighted by molar-refractivity contribution is 5.65. The van der Waals surface area contributed by atoms with Crippen LogP contribution < -0.4 is 4.74 Å². The summed E-state index contributed by atoms with van der Waals surface area (Å²) in [5.41, 5.74) is 1.73. The second-order valence-corrected chi connectivity index (χ2v) is 4.52. The molecule has 5 heteroatoms. The van der Waals surface area contributed by atoms with Crippen LogP contribution in [0.15, 0.2) is 24.9 Å². The largest absolute Gasteiger partial charge is 0.477 e. The zero-order valence-electron chi connectivity index (χ0n) is 10.2. The second kappa shape index (κ2) is 4.68. The molecule has 1 saturated carbocycles. The molecule has 2 aromatic heterocycles. The number of ether oxygens (including phenoxy) is 1. The van der Waals surface area contributed by atoms with Crippen molar-refractivity contribution in [1.29, 1.82) is 0 Å². The van der Waals surface area contributed by atoms with E-state index in [1.54, 1.807) is 18.6 Å². The zero-order chi connectivity index (χ0) is 12.4. The molecule has 0 aromatic carbocycles. The fourth-order valence-corrected chi connectivity index (χ4v) is 1.68. The van der Waals surface area contributed by atoms with Crippen LogP contribution in [-0.4, -0.2) is 26.5 Å². The van der Waals surface area contributed by atoms with Crippen LogP contribution in [0.4, 0.5) is 0 Å². The standard InChI is InChI=1S/C13H14N4O/c1-9-16-6-12(11-4-14-8-15-5-11)13(17-9)18-7-10-2-3-10/h4-6,8,10H,2-3,7H2,1H3. The molecular formula is C13H14N4O. The molecule has 0 unspecified atom stereocenters. The molecule has 1 aliphatic carbocycles. The predicted molar refractivity (Wildman–Crippen MR) is 66.0 cm³/mol. The van der Waals surface area contributed by atoms with Crippen LogP contribution in [-0.2, 0) is 0 Å². The molecule has 0 bridgehead atoms. The Morgan fingerprint density at radius 1 is 1.22 bits per heavy atom. The number of hydrogen-bond donors (Lipinski definition) is 0. The summed E-state index contributed by atoms with van der Waals surface area (Å²) >= 11 is 0. The molecule has 2 aromatic rings. The van der Waals surface area contributed by atoms with Crippen LogP contribution in [0.5, 0.6) is 5.88 Å². The molecule has 0 saturated heterocycles. The normalized spacial score (nSPS) is 14.5. The van der Waals surface area contributed by atoms with Gasteiger partial charge in [-0.05, 0) is 25.7 Å². The number of rotatable bonds is 4. The molecule has 3 rings (SSSR count). The van der Waals surface area contributed by atoms with Gasteiger partial charge in [0.05, 0.1) is 12.2 Å². The summed E-state index contributed by atoms with van der Waals surface area (Å²) in [4.78, 5) is 16.6. The van der Waals surface area contributed by atoms with Crippen molar-refractivity contribution in [3.8, 4) is 17.0 Å². The van der Waals surface area contributed by atoms with Gasteiger partial charge in [0.25, 0.3) is 0 Å². The zero-order valence-corrected chi connectivity index (χ0v) is 10.2. The van der Waals surface area contributed by atoms with Crippen molar-refractivity contribution in [3.05, 3.63) is 30.7 Å². The van der Waals surface area contributed by atoms with Crippen LogP contribution in [0.1, 0.15) is 18.7 Å². The summed E-state index contributed by atoms with van der Waals surface area (Å²) in [6.45, 7) is 2.59. The van der Waals surface area contributed by atoms with Crippen molar-refractivity contribution in [2.45, 2.75) is 19.8 Å². The molecule has 1 fully saturated rings. The summed E-state index contributed by atoms with van der Waals surface area (Å²) < 4.78 is 5.79.